The molecular formula is C12H28N2O. The molecule has 0 rings (SSSR count). The van der Waals surface area contributed by atoms with Crippen LogP contribution >= 0.6 is 0 Å². The fraction of sp³-hybridized carbons (Fsp3) is 1.00. The smallest absolute Gasteiger partial charge is 0.0871 e. The lowest BCUT2D eigenvalue weighted by atomic mass is 10.1. The number of rotatable bonds is 8. The summed E-state index contributed by atoms with van der Waals surface area (Å²) in [6.45, 7) is 9.94. The molecular weight excluding hydrogens is 188 g/mol. The van der Waals surface area contributed by atoms with Gasteiger partial charge in [-0.25, -0.2) is 0 Å². The first-order valence-corrected chi connectivity index (χ1v) is 6.00. The Morgan fingerprint density at radius 2 is 1.47 bits per heavy atom. The molecule has 3 nitrogen and oxygen atoms in total. The first-order valence-electron chi connectivity index (χ1n) is 6.00. The Bertz CT molecular complexity index is 152. The molecule has 3 heteroatoms. The van der Waals surface area contributed by atoms with Crippen molar-refractivity contribution in [1.29, 1.82) is 0 Å². The van der Waals surface area contributed by atoms with E-state index in [0.29, 0.717) is 0 Å². The largest absolute Gasteiger partial charge is 0.388 e. The molecule has 92 valence electrons. The lowest BCUT2D eigenvalue weighted by molar-refractivity contribution is -0.0000313. The summed E-state index contributed by atoms with van der Waals surface area (Å²) >= 11 is 0. The van der Waals surface area contributed by atoms with E-state index in [1.165, 1.54) is 0 Å². The van der Waals surface area contributed by atoms with E-state index in [1.807, 2.05) is 25.9 Å². The van der Waals surface area contributed by atoms with E-state index in [0.717, 1.165) is 39.0 Å². The van der Waals surface area contributed by atoms with Crippen LogP contribution in [0.15, 0.2) is 0 Å². The number of hydrogen-bond acceptors (Lipinski definition) is 3. The summed E-state index contributed by atoms with van der Waals surface area (Å²) in [5, 5.41) is 10.2. The second-order valence-corrected chi connectivity index (χ2v) is 5.01. The van der Waals surface area contributed by atoms with Gasteiger partial charge in [0.1, 0.15) is 0 Å². The molecule has 0 fully saturated rings. The predicted octanol–water partition coefficient (Wildman–Crippen LogP) is 1.42. The Labute approximate surface area is 95.1 Å². The van der Waals surface area contributed by atoms with Crippen molar-refractivity contribution in [1.82, 2.24) is 9.80 Å². The highest BCUT2D eigenvalue weighted by Gasteiger charge is 2.23. The number of hydrogen-bond donors (Lipinski definition) is 1. The van der Waals surface area contributed by atoms with Crippen molar-refractivity contribution in [2.24, 2.45) is 0 Å². The molecule has 0 radical (unpaired) electrons. The topological polar surface area (TPSA) is 26.7 Å². The van der Waals surface area contributed by atoms with Gasteiger partial charge in [-0.2, -0.15) is 0 Å². The monoisotopic (exact) mass is 216 g/mol. The van der Waals surface area contributed by atoms with E-state index in [2.05, 4.69) is 18.7 Å². The molecule has 1 N–H and O–H groups in total. The Morgan fingerprint density at radius 3 is 1.80 bits per heavy atom. The zero-order valence-corrected chi connectivity index (χ0v) is 11.1. The van der Waals surface area contributed by atoms with Gasteiger partial charge < -0.3 is 14.9 Å². The summed E-state index contributed by atoms with van der Waals surface area (Å²) in [7, 11) is 4.00. The van der Waals surface area contributed by atoms with Gasteiger partial charge in [0.25, 0.3) is 0 Å². The molecule has 0 spiro atoms. The van der Waals surface area contributed by atoms with E-state index in [1.54, 1.807) is 0 Å². The Hall–Kier alpha value is -0.120. The van der Waals surface area contributed by atoms with Crippen LogP contribution < -0.4 is 0 Å². The summed E-state index contributed by atoms with van der Waals surface area (Å²) in [6.07, 6.45) is 2.30. The van der Waals surface area contributed by atoms with Crippen molar-refractivity contribution in [2.45, 2.75) is 39.2 Å². The van der Waals surface area contributed by atoms with Crippen LogP contribution in [0.2, 0.25) is 0 Å². The molecule has 0 bridgehead atoms. The summed E-state index contributed by atoms with van der Waals surface area (Å²) < 4.78 is 0. The molecule has 0 saturated carbocycles. The molecule has 0 saturated heterocycles. The van der Waals surface area contributed by atoms with Gasteiger partial charge in [0.15, 0.2) is 0 Å². The van der Waals surface area contributed by atoms with Gasteiger partial charge in [0.05, 0.1) is 5.60 Å². The minimum atomic E-state index is -0.603. The highest BCUT2D eigenvalue weighted by Crippen LogP contribution is 2.08. The standard InChI is InChI=1S/C12H28N2O/c1-6-8-14(9-7-2)11-12(3,15)10-13(4)5/h15H,6-11H2,1-5H3. The summed E-state index contributed by atoms with van der Waals surface area (Å²) in [5.41, 5.74) is -0.603. The molecule has 0 aromatic carbocycles. The molecule has 0 aliphatic carbocycles. The second-order valence-electron chi connectivity index (χ2n) is 5.01. The van der Waals surface area contributed by atoms with Crippen molar-refractivity contribution >= 4 is 0 Å². The lowest BCUT2D eigenvalue weighted by Crippen LogP contribution is -2.47. The number of nitrogens with zero attached hydrogens (tertiary/aromatic N) is 2. The fourth-order valence-corrected chi connectivity index (χ4v) is 2.12. The van der Waals surface area contributed by atoms with E-state index in [-0.39, 0.29) is 0 Å². The van der Waals surface area contributed by atoms with Gasteiger partial charge >= 0.3 is 0 Å². The third-order valence-corrected chi connectivity index (χ3v) is 2.30. The summed E-state index contributed by atoms with van der Waals surface area (Å²) in [6, 6.07) is 0. The van der Waals surface area contributed by atoms with Crippen LogP contribution in [-0.2, 0) is 0 Å². The van der Waals surface area contributed by atoms with Crippen LogP contribution in [0.25, 0.3) is 0 Å². The lowest BCUT2D eigenvalue weighted by Gasteiger charge is -2.33. The maximum Gasteiger partial charge on any atom is 0.0871 e. The van der Waals surface area contributed by atoms with Gasteiger partial charge in [0, 0.05) is 13.1 Å². The average Bonchev–Trinajstić information content (AvgIpc) is 2.01. The highest BCUT2D eigenvalue weighted by molar-refractivity contribution is 4.79. The molecule has 0 aliphatic heterocycles. The Morgan fingerprint density at radius 1 is 1.00 bits per heavy atom. The molecule has 0 aromatic heterocycles. The Balaban J connectivity index is 4.11. The van der Waals surface area contributed by atoms with Crippen molar-refractivity contribution in [3.8, 4) is 0 Å². The Kier molecular flexibility index (Phi) is 7.14. The summed E-state index contributed by atoms with van der Waals surface area (Å²) in [5.74, 6) is 0. The van der Waals surface area contributed by atoms with Crippen LogP contribution in [-0.4, -0.2) is 60.8 Å². The van der Waals surface area contributed by atoms with Crippen molar-refractivity contribution in [3.63, 3.8) is 0 Å². The number of likely N-dealkylation sites (N-methyl/N-ethyl adjacent to an activating group) is 1. The molecule has 0 amide bonds. The SMILES string of the molecule is CCCN(CCC)CC(C)(O)CN(C)C. The number of aliphatic hydroxyl groups is 1. The van der Waals surface area contributed by atoms with Crippen LogP contribution in [0, 0.1) is 0 Å². The third kappa shape index (κ3) is 7.77. The fourth-order valence-electron chi connectivity index (χ4n) is 2.12. The zero-order valence-electron chi connectivity index (χ0n) is 11.1. The molecule has 1 unspecified atom stereocenters. The first kappa shape index (κ1) is 14.9. The predicted molar refractivity (Wildman–Crippen MR) is 66.2 cm³/mol. The van der Waals surface area contributed by atoms with Crippen LogP contribution in [0.1, 0.15) is 33.6 Å². The van der Waals surface area contributed by atoms with Gasteiger partial charge in [-0.05, 0) is 47.0 Å². The van der Waals surface area contributed by atoms with Gasteiger partial charge in [-0.1, -0.05) is 13.8 Å². The van der Waals surface area contributed by atoms with E-state index in [4.69, 9.17) is 0 Å². The quantitative estimate of drug-likeness (QED) is 0.665. The molecule has 15 heavy (non-hydrogen) atoms. The molecule has 0 aliphatic rings. The van der Waals surface area contributed by atoms with Crippen LogP contribution in [0.5, 0.6) is 0 Å². The van der Waals surface area contributed by atoms with E-state index in [9.17, 15) is 5.11 Å². The van der Waals surface area contributed by atoms with Crippen LogP contribution in [0.3, 0.4) is 0 Å². The van der Waals surface area contributed by atoms with Crippen LogP contribution in [0.4, 0.5) is 0 Å². The minimum absolute atomic E-state index is 0.603. The molecule has 0 aromatic rings. The van der Waals surface area contributed by atoms with Crippen molar-refractivity contribution in [3.05, 3.63) is 0 Å². The van der Waals surface area contributed by atoms with Gasteiger partial charge in [-0.3, -0.25) is 0 Å². The van der Waals surface area contributed by atoms with Crippen molar-refractivity contribution < 1.29 is 5.11 Å². The second kappa shape index (κ2) is 7.20. The maximum atomic E-state index is 10.2. The average molecular weight is 216 g/mol. The molecule has 1 atom stereocenters. The first-order chi connectivity index (χ1) is 6.91. The molecule has 0 heterocycles. The van der Waals surface area contributed by atoms with E-state index >= 15 is 0 Å². The normalized spacial score (nSPS) is 16.0. The van der Waals surface area contributed by atoms with E-state index < -0.39 is 5.60 Å². The minimum Gasteiger partial charge on any atom is -0.388 e. The van der Waals surface area contributed by atoms with Gasteiger partial charge in [0.2, 0.25) is 0 Å². The van der Waals surface area contributed by atoms with Crippen molar-refractivity contribution in [2.75, 3.05) is 40.3 Å². The third-order valence-electron chi connectivity index (χ3n) is 2.30. The maximum absolute atomic E-state index is 10.2. The zero-order chi connectivity index (χ0) is 11.9. The highest BCUT2D eigenvalue weighted by atomic mass is 16.3. The van der Waals surface area contributed by atoms with Gasteiger partial charge in [-0.15, -0.1) is 0 Å². The summed E-state index contributed by atoms with van der Waals surface area (Å²) in [4.78, 5) is 4.39.